The first kappa shape index (κ1) is 9.91. The molecule has 1 aliphatic heterocycles. The van der Waals surface area contributed by atoms with Gasteiger partial charge < -0.3 is 5.32 Å². The summed E-state index contributed by atoms with van der Waals surface area (Å²) < 4.78 is 0. The molecule has 0 amide bonds. The molecular formula is C12H17NS. The molecule has 1 aromatic rings. The van der Waals surface area contributed by atoms with E-state index in [1.165, 1.54) is 34.7 Å². The minimum absolute atomic E-state index is 0.682. The van der Waals surface area contributed by atoms with Crippen LogP contribution in [0.2, 0.25) is 0 Å². The molecule has 0 aliphatic carbocycles. The first-order valence-electron chi connectivity index (χ1n) is 5.16. The van der Waals surface area contributed by atoms with Gasteiger partial charge in [-0.05, 0) is 49.3 Å². The summed E-state index contributed by atoms with van der Waals surface area (Å²) in [6, 6.07) is 7.36. The van der Waals surface area contributed by atoms with E-state index in [2.05, 4.69) is 37.4 Å². The van der Waals surface area contributed by atoms with Crippen LogP contribution >= 0.6 is 11.8 Å². The van der Waals surface area contributed by atoms with Crippen molar-refractivity contribution in [3.63, 3.8) is 0 Å². The summed E-state index contributed by atoms with van der Waals surface area (Å²) in [5, 5.41) is 3.60. The average Bonchev–Trinajstić information content (AvgIpc) is 2.54. The molecule has 1 saturated heterocycles. The maximum atomic E-state index is 3.60. The minimum atomic E-state index is 0.682. The Morgan fingerprint density at radius 3 is 2.50 bits per heavy atom. The Morgan fingerprint density at radius 1 is 1.21 bits per heavy atom. The normalized spacial score (nSPS) is 21.1. The van der Waals surface area contributed by atoms with Crippen LogP contribution in [0.3, 0.4) is 0 Å². The summed E-state index contributed by atoms with van der Waals surface area (Å²) >= 11 is 2.05. The molecule has 1 unspecified atom stereocenters. The fourth-order valence-corrected chi connectivity index (χ4v) is 3.09. The van der Waals surface area contributed by atoms with Gasteiger partial charge in [-0.2, -0.15) is 11.8 Å². The lowest BCUT2D eigenvalue weighted by Gasteiger charge is -2.14. The van der Waals surface area contributed by atoms with E-state index in [9.17, 15) is 0 Å². The Kier molecular flexibility index (Phi) is 3.02. The highest BCUT2D eigenvalue weighted by atomic mass is 32.2. The zero-order valence-corrected chi connectivity index (χ0v) is 9.66. The number of hydrogen-bond acceptors (Lipinski definition) is 2. The summed E-state index contributed by atoms with van der Waals surface area (Å²) in [5.41, 5.74) is 3.98. The van der Waals surface area contributed by atoms with Crippen molar-refractivity contribution < 1.29 is 0 Å². The van der Waals surface area contributed by atoms with E-state index in [-0.39, 0.29) is 0 Å². The Labute approximate surface area is 90.3 Å². The number of benzene rings is 1. The maximum Gasteiger partial charge on any atom is 0.0359 e. The van der Waals surface area contributed by atoms with Gasteiger partial charge in [-0.3, -0.25) is 0 Å². The number of aryl methyl sites for hydroxylation is 2. The van der Waals surface area contributed by atoms with Gasteiger partial charge in [-0.25, -0.2) is 0 Å². The average molecular weight is 207 g/mol. The monoisotopic (exact) mass is 207 g/mol. The third kappa shape index (κ3) is 2.44. The molecule has 0 aromatic heterocycles. The molecule has 2 heteroatoms. The van der Waals surface area contributed by atoms with E-state index in [0.717, 1.165) is 0 Å². The van der Waals surface area contributed by atoms with Crippen molar-refractivity contribution in [1.82, 2.24) is 0 Å². The fraction of sp³-hybridized carbons (Fsp3) is 0.500. The number of nitrogens with one attached hydrogen (secondary N) is 1. The highest BCUT2D eigenvalue weighted by Gasteiger charge is 2.14. The minimum Gasteiger partial charge on any atom is -0.381 e. The number of rotatable bonds is 2. The van der Waals surface area contributed by atoms with Crippen LogP contribution in [0.4, 0.5) is 5.69 Å². The first-order chi connectivity index (χ1) is 6.74. The molecule has 2 rings (SSSR count). The van der Waals surface area contributed by atoms with Gasteiger partial charge in [-0.1, -0.05) is 6.07 Å². The Bertz CT molecular complexity index is 296. The molecule has 0 bridgehead atoms. The SMILES string of the molecule is Cc1cc(C)cc(NC2CCSC2)c1. The molecule has 0 radical (unpaired) electrons. The zero-order chi connectivity index (χ0) is 9.97. The predicted molar refractivity (Wildman–Crippen MR) is 65.3 cm³/mol. The van der Waals surface area contributed by atoms with Crippen molar-refractivity contribution in [2.75, 3.05) is 16.8 Å². The van der Waals surface area contributed by atoms with E-state index in [1.807, 2.05) is 11.8 Å². The second-order valence-electron chi connectivity index (χ2n) is 4.08. The van der Waals surface area contributed by atoms with Crippen molar-refractivity contribution in [3.8, 4) is 0 Å². The molecular weight excluding hydrogens is 190 g/mol. The van der Waals surface area contributed by atoms with Crippen molar-refractivity contribution in [2.45, 2.75) is 26.3 Å². The second-order valence-corrected chi connectivity index (χ2v) is 5.23. The van der Waals surface area contributed by atoms with Gasteiger partial charge in [0.05, 0.1) is 0 Å². The molecule has 1 nitrogen and oxygen atoms in total. The van der Waals surface area contributed by atoms with Crippen LogP contribution in [0, 0.1) is 13.8 Å². The highest BCUT2D eigenvalue weighted by molar-refractivity contribution is 7.99. The van der Waals surface area contributed by atoms with Gasteiger partial charge in [-0.15, -0.1) is 0 Å². The van der Waals surface area contributed by atoms with Crippen molar-refractivity contribution in [2.24, 2.45) is 0 Å². The van der Waals surface area contributed by atoms with Gasteiger partial charge >= 0.3 is 0 Å². The summed E-state index contributed by atoms with van der Waals surface area (Å²) in [6.07, 6.45) is 1.30. The van der Waals surface area contributed by atoms with Gasteiger partial charge in [0.2, 0.25) is 0 Å². The largest absolute Gasteiger partial charge is 0.381 e. The molecule has 0 spiro atoms. The molecule has 76 valence electrons. The lowest BCUT2D eigenvalue weighted by molar-refractivity contribution is 0.813. The van der Waals surface area contributed by atoms with Crippen LogP contribution in [-0.4, -0.2) is 17.5 Å². The van der Waals surface area contributed by atoms with Crippen LogP contribution in [0.15, 0.2) is 18.2 Å². The van der Waals surface area contributed by atoms with Crippen molar-refractivity contribution in [3.05, 3.63) is 29.3 Å². The zero-order valence-electron chi connectivity index (χ0n) is 8.84. The summed E-state index contributed by atoms with van der Waals surface area (Å²) in [7, 11) is 0. The molecule has 14 heavy (non-hydrogen) atoms. The third-order valence-electron chi connectivity index (χ3n) is 2.52. The molecule has 1 aromatic carbocycles. The van der Waals surface area contributed by atoms with Crippen LogP contribution in [0.5, 0.6) is 0 Å². The molecule has 1 N–H and O–H groups in total. The van der Waals surface area contributed by atoms with Crippen LogP contribution in [-0.2, 0) is 0 Å². The predicted octanol–water partition coefficient (Wildman–Crippen LogP) is 3.22. The van der Waals surface area contributed by atoms with E-state index in [1.54, 1.807) is 0 Å². The Hall–Kier alpha value is -0.630. The van der Waals surface area contributed by atoms with Gasteiger partial charge in [0.15, 0.2) is 0 Å². The fourth-order valence-electron chi connectivity index (χ4n) is 1.94. The van der Waals surface area contributed by atoms with Gasteiger partial charge in [0.25, 0.3) is 0 Å². The van der Waals surface area contributed by atoms with E-state index < -0.39 is 0 Å². The number of hydrogen-bond donors (Lipinski definition) is 1. The van der Waals surface area contributed by atoms with Crippen LogP contribution < -0.4 is 5.32 Å². The lowest BCUT2D eigenvalue weighted by Crippen LogP contribution is -2.18. The quantitative estimate of drug-likeness (QED) is 0.799. The van der Waals surface area contributed by atoms with Crippen LogP contribution in [0.1, 0.15) is 17.5 Å². The summed E-state index contributed by atoms with van der Waals surface area (Å²) in [5.74, 6) is 2.56. The Balaban J connectivity index is 2.07. The standard InChI is InChI=1S/C12H17NS/c1-9-5-10(2)7-12(6-9)13-11-3-4-14-8-11/h5-7,11,13H,3-4,8H2,1-2H3. The highest BCUT2D eigenvalue weighted by Crippen LogP contribution is 2.22. The second kappa shape index (κ2) is 4.26. The summed E-state index contributed by atoms with van der Waals surface area (Å²) in [6.45, 7) is 4.31. The molecule has 0 saturated carbocycles. The molecule has 1 heterocycles. The lowest BCUT2D eigenvalue weighted by atomic mass is 10.1. The summed E-state index contributed by atoms with van der Waals surface area (Å²) in [4.78, 5) is 0. The maximum absolute atomic E-state index is 3.60. The molecule has 1 aliphatic rings. The molecule has 1 atom stereocenters. The van der Waals surface area contributed by atoms with Crippen molar-refractivity contribution >= 4 is 17.4 Å². The first-order valence-corrected chi connectivity index (χ1v) is 6.32. The van der Waals surface area contributed by atoms with E-state index >= 15 is 0 Å². The van der Waals surface area contributed by atoms with Crippen LogP contribution in [0.25, 0.3) is 0 Å². The van der Waals surface area contributed by atoms with Gasteiger partial charge in [0.1, 0.15) is 0 Å². The Morgan fingerprint density at radius 2 is 1.93 bits per heavy atom. The smallest absolute Gasteiger partial charge is 0.0359 e. The molecule has 1 fully saturated rings. The van der Waals surface area contributed by atoms with E-state index in [0.29, 0.717) is 6.04 Å². The van der Waals surface area contributed by atoms with Gasteiger partial charge in [0, 0.05) is 17.5 Å². The number of thioether (sulfide) groups is 1. The third-order valence-corrected chi connectivity index (χ3v) is 3.68. The number of anilines is 1. The van der Waals surface area contributed by atoms with Crippen molar-refractivity contribution in [1.29, 1.82) is 0 Å². The topological polar surface area (TPSA) is 12.0 Å². The van der Waals surface area contributed by atoms with E-state index in [4.69, 9.17) is 0 Å².